The average Bonchev–Trinajstić information content (AvgIpc) is 2.34. The first-order chi connectivity index (χ1) is 4.43. The molecule has 0 fully saturated rings. The number of allylic oxidation sites excluding steroid dienone is 1. The molecule has 0 saturated heterocycles. The average molecular weight is 139 g/mol. The fourth-order valence-electron chi connectivity index (χ4n) is 0.602. The number of rotatable bonds is 3. The molecule has 0 spiro atoms. The minimum atomic E-state index is 1.04. The molecular weight excluding hydrogens is 130 g/mol. The number of aryl methyl sites for hydroxylation is 1. The minimum absolute atomic E-state index is 1.04. The summed E-state index contributed by atoms with van der Waals surface area (Å²) in [6, 6.07) is 0. The van der Waals surface area contributed by atoms with E-state index in [0.717, 1.165) is 12.8 Å². The number of hydrogen-bond acceptors (Lipinski definition) is 2. The molecule has 9 heavy (non-hydrogen) atoms. The highest BCUT2D eigenvalue weighted by atomic mass is 32.1. The van der Waals surface area contributed by atoms with E-state index in [0.29, 0.717) is 0 Å². The van der Waals surface area contributed by atoms with E-state index in [9.17, 15) is 0 Å². The van der Waals surface area contributed by atoms with Crippen LogP contribution in [0.3, 0.4) is 0 Å². The summed E-state index contributed by atoms with van der Waals surface area (Å²) in [7, 11) is 0. The Morgan fingerprint density at radius 2 is 2.67 bits per heavy atom. The second-order valence-electron chi connectivity index (χ2n) is 1.75. The Bertz CT molecular complexity index is 167. The summed E-state index contributed by atoms with van der Waals surface area (Å²) in [5, 5.41) is 3.20. The predicted octanol–water partition coefficient (Wildman–Crippen LogP) is 2.26. The molecule has 0 aliphatic rings. The third-order valence-electron chi connectivity index (χ3n) is 1.05. The summed E-state index contributed by atoms with van der Waals surface area (Å²) < 4.78 is 0. The SMILES string of the molecule is C=CCCc1nccs1. The lowest BCUT2D eigenvalue weighted by Gasteiger charge is -1.86. The van der Waals surface area contributed by atoms with Gasteiger partial charge in [0.25, 0.3) is 0 Å². The maximum Gasteiger partial charge on any atom is 0.0927 e. The molecule has 1 rings (SSSR count). The van der Waals surface area contributed by atoms with Crippen LogP contribution < -0.4 is 0 Å². The molecule has 0 amide bonds. The van der Waals surface area contributed by atoms with Gasteiger partial charge in [0.05, 0.1) is 5.01 Å². The normalized spacial score (nSPS) is 9.33. The summed E-state index contributed by atoms with van der Waals surface area (Å²) in [5.74, 6) is 0. The van der Waals surface area contributed by atoms with E-state index in [2.05, 4.69) is 11.6 Å². The van der Waals surface area contributed by atoms with Crippen molar-refractivity contribution < 1.29 is 0 Å². The standard InChI is InChI=1S/C7H9NS/c1-2-3-4-7-8-5-6-9-7/h2,5-6H,1,3-4H2. The molecule has 48 valence electrons. The monoisotopic (exact) mass is 139 g/mol. The Hall–Kier alpha value is -0.630. The molecule has 0 saturated carbocycles. The first-order valence-electron chi connectivity index (χ1n) is 2.93. The minimum Gasteiger partial charge on any atom is -0.250 e. The highest BCUT2D eigenvalue weighted by Gasteiger charge is 1.90. The predicted molar refractivity (Wildman–Crippen MR) is 40.6 cm³/mol. The number of aromatic nitrogens is 1. The molecule has 1 nitrogen and oxygen atoms in total. The second kappa shape index (κ2) is 3.41. The summed E-state index contributed by atoms with van der Waals surface area (Å²) in [4.78, 5) is 4.12. The fourth-order valence-corrected chi connectivity index (χ4v) is 1.24. The molecule has 0 atom stereocenters. The van der Waals surface area contributed by atoms with Crippen molar-refractivity contribution in [2.75, 3.05) is 0 Å². The topological polar surface area (TPSA) is 12.9 Å². The first kappa shape index (κ1) is 6.49. The smallest absolute Gasteiger partial charge is 0.0927 e. The van der Waals surface area contributed by atoms with Gasteiger partial charge in [0.2, 0.25) is 0 Å². The molecule has 0 N–H and O–H groups in total. The van der Waals surface area contributed by atoms with Crippen molar-refractivity contribution in [1.82, 2.24) is 4.98 Å². The van der Waals surface area contributed by atoms with Crippen LogP contribution in [0.4, 0.5) is 0 Å². The van der Waals surface area contributed by atoms with Crippen molar-refractivity contribution in [3.8, 4) is 0 Å². The van der Waals surface area contributed by atoms with Crippen LogP contribution in [0.1, 0.15) is 11.4 Å². The largest absolute Gasteiger partial charge is 0.250 e. The van der Waals surface area contributed by atoms with Gasteiger partial charge in [0, 0.05) is 18.0 Å². The second-order valence-corrected chi connectivity index (χ2v) is 2.73. The summed E-state index contributed by atoms with van der Waals surface area (Å²) in [6.07, 6.45) is 5.83. The van der Waals surface area contributed by atoms with Gasteiger partial charge in [-0.1, -0.05) is 6.08 Å². The van der Waals surface area contributed by atoms with E-state index in [1.54, 1.807) is 11.3 Å². The van der Waals surface area contributed by atoms with Crippen molar-refractivity contribution in [2.24, 2.45) is 0 Å². The van der Waals surface area contributed by atoms with Crippen molar-refractivity contribution >= 4 is 11.3 Å². The molecule has 0 aliphatic carbocycles. The van der Waals surface area contributed by atoms with Gasteiger partial charge in [-0.25, -0.2) is 4.98 Å². The molecule has 1 heterocycles. The molecule has 1 aromatic heterocycles. The highest BCUT2D eigenvalue weighted by molar-refractivity contribution is 7.09. The van der Waals surface area contributed by atoms with Gasteiger partial charge in [-0.15, -0.1) is 17.9 Å². The third-order valence-corrected chi connectivity index (χ3v) is 1.89. The zero-order chi connectivity index (χ0) is 6.53. The Labute approximate surface area is 59.1 Å². The zero-order valence-electron chi connectivity index (χ0n) is 5.21. The Morgan fingerprint density at radius 3 is 3.22 bits per heavy atom. The Morgan fingerprint density at radius 1 is 1.78 bits per heavy atom. The van der Waals surface area contributed by atoms with Gasteiger partial charge in [-0.05, 0) is 6.42 Å². The number of nitrogens with zero attached hydrogens (tertiary/aromatic N) is 1. The lowest BCUT2D eigenvalue weighted by molar-refractivity contribution is 0.983. The van der Waals surface area contributed by atoms with Crippen LogP contribution in [0.25, 0.3) is 0 Å². The third kappa shape index (κ3) is 1.98. The maximum absolute atomic E-state index is 4.12. The summed E-state index contributed by atoms with van der Waals surface area (Å²) in [5.41, 5.74) is 0. The van der Waals surface area contributed by atoms with Crippen LogP contribution in [0, 0.1) is 0 Å². The van der Waals surface area contributed by atoms with E-state index >= 15 is 0 Å². The van der Waals surface area contributed by atoms with Gasteiger partial charge in [-0.2, -0.15) is 0 Å². The molecule has 0 bridgehead atoms. The Kier molecular flexibility index (Phi) is 2.46. The van der Waals surface area contributed by atoms with Crippen LogP contribution >= 0.6 is 11.3 Å². The Balaban J connectivity index is 2.38. The molecular formula is C7H9NS. The molecule has 0 unspecified atom stereocenters. The fraction of sp³-hybridized carbons (Fsp3) is 0.286. The molecule has 1 aromatic rings. The maximum atomic E-state index is 4.12. The molecule has 0 aliphatic heterocycles. The van der Waals surface area contributed by atoms with Crippen molar-refractivity contribution in [3.63, 3.8) is 0 Å². The van der Waals surface area contributed by atoms with Gasteiger partial charge in [0.1, 0.15) is 0 Å². The van der Waals surface area contributed by atoms with E-state index in [-0.39, 0.29) is 0 Å². The van der Waals surface area contributed by atoms with Crippen LogP contribution in [0.2, 0.25) is 0 Å². The van der Waals surface area contributed by atoms with Crippen LogP contribution in [-0.4, -0.2) is 4.98 Å². The van der Waals surface area contributed by atoms with Crippen LogP contribution in [0.15, 0.2) is 24.2 Å². The van der Waals surface area contributed by atoms with Crippen LogP contribution in [0.5, 0.6) is 0 Å². The van der Waals surface area contributed by atoms with Crippen molar-refractivity contribution in [2.45, 2.75) is 12.8 Å². The quantitative estimate of drug-likeness (QED) is 0.585. The van der Waals surface area contributed by atoms with E-state index in [1.807, 2.05) is 17.7 Å². The van der Waals surface area contributed by atoms with Gasteiger partial charge < -0.3 is 0 Å². The van der Waals surface area contributed by atoms with E-state index in [4.69, 9.17) is 0 Å². The first-order valence-corrected chi connectivity index (χ1v) is 3.80. The van der Waals surface area contributed by atoms with Gasteiger partial charge in [-0.3, -0.25) is 0 Å². The molecule has 2 heteroatoms. The van der Waals surface area contributed by atoms with E-state index in [1.165, 1.54) is 5.01 Å². The van der Waals surface area contributed by atoms with Crippen LogP contribution in [-0.2, 0) is 6.42 Å². The number of hydrogen-bond donors (Lipinski definition) is 0. The lowest BCUT2D eigenvalue weighted by atomic mass is 10.3. The number of thiazole rings is 1. The molecule has 0 aromatic carbocycles. The zero-order valence-corrected chi connectivity index (χ0v) is 6.03. The van der Waals surface area contributed by atoms with Gasteiger partial charge in [0.15, 0.2) is 0 Å². The lowest BCUT2D eigenvalue weighted by Crippen LogP contribution is -1.78. The summed E-state index contributed by atoms with van der Waals surface area (Å²) in [6.45, 7) is 3.64. The van der Waals surface area contributed by atoms with Crippen molar-refractivity contribution in [1.29, 1.82) is 0 Å². The highest BCUT2D eigenvalue weighted by Crippen LogP contribution is 2.06. The molecule has 0 radical (unpaired) electrons. The van der Waals surface area contributed by atoms with E-state index < -0.39 is 0 Å². The summed E-state index contributed by atoms with van der Waals surface area (Å²) >= 11 is 1.70. The van der Waals surface area contributed by atoms with Gasteiger partial charge >= 0.3 is 0 Å². The van der Waals surface area contributed by atoms with Crippen molar-refractivity contribution in [3.05, 3.63) is 29.2 Å².